The molecule has 0 unspecified atom stereocenters. The minimum absolute atomic E-state index is 0.0162. The third kappa shape index (κ3) is 2.85. The third-order valence-electron chi connectivity index (χ3n) is 2.51. The summed E-state index contributed by atoms with van der Waals surface area (Å²) in [5.41, 5.74) is 4.97. The number of nitrogens with one attached hydrogen (secondary N) is 1. The molecule has 0 aliphatic rings. The number of anilines is 2. The van der Waals surface area contributed by atoms with E-state index in [1.165, 1.54) is 6.07 Å². The fourth-order valence-electron chi connectivity index (χ4n) is 1.57. The van der Waals surface area contributed by atoms with Gasteiger partial charge in [-0.3, -0.25) is 4.79 Å². The first-order valence-electron chi connectivity index (χ1n) is 5.39. The van der Waals surface area contributed by atoms with Gasteiger partial charge in [-0.25, -0.2) is 13.2 Å². The molecule has 20 heavy (non-hydrogen) atoms. The van der Waals surface area contributed by atoms with E-state index >= 15 is 0 Å². The number of carbonyl (C=O) groups excluding carboxylic acids is 1. The minimum atomic E-state index is -1.04. The van der Waals surface area contributed by atoms with E-state index in [0.29, 0.717) is 6.07 Å². The maximum atomic E-state index is 13.5. The van der Waals surface area contributed by atoms with Gasteiger partial charge in [0.2, 0.25) is 0 Å². The summed E-state index contributed by atoms with van der Waals surface area (Å²) in [5.74, 6) is -3.45. The lowest BCUT2D eigenvalue weighted by Crippen LogP contribution is -2.15. The van der Waals surface area contributed by atoms with E-state index in [1.807, 2.05) is 0 Å². The van der Waals surface area contributed by atoms with Crippen LogP contribution in [0.25, 0.3) is 0 Å². The second-order valence-corrected chi connectivity index (χ2v) is 4.34. The van der Waals surface area contributed by atoms with Crippen LogP contribution in [-0.2, 0) is 0 Å². The zero-order valence-corrected chi connectivity index (χ0v) is 10.6. The standard InChI is InChI=1S/C13H8ClF3N2O/c14-9-4-7(16)5-10(17)12(9)19-13(20)8-3-6(15)1-2-11(8)18/h1-5H,18H2,(H,19,20). The van der Waals surface area contributed by atoms with Crippen LogP contribution in [0.15, 0.2) is 30.3 Å². The van der Waals surface area contributed by atoms with Crippen LogP contribution in [0.3, 0.4) is 0 Å². The summed E-state index contributed by atoms with van der Waals surface area (Å²) in [6.45, 7) is 0. The molecule has 0 bridgehead atoms. The molecule has 0 aliphatic carbocycles. The van der Waals surface area contributed by atoms with Crippen molar-refractivity contribution in [2.75, 3.05) is 11.1 Å². The van der Waals surface area contributed by atoms with Gasteiger partial charge in [0, 0.05) is 11.8 Å². The fraction of sp³-hybridized carbons (Fsp3) is 0. The van der Waals surface area contributed by atoms with E-state index in [-0.39, 0.29) is 16.3 Å². The van der Waals surface area contributed by atoms with Crippen molar-refractivity contribution in [3.05, 3.63) is 58.4 Å². The van der Waals surface area contributed by atoms with Crippen LogP contribution < -0.4 is 11.1 Å². The van der Waals surface area contributed by atoms with E-state index in [4.69, 9.17) is 17.3 Å². The molecule has 0 aliphatic heterocycles. The van der Waals surface area contributed by atoms with Crippen molar-refractivity contribution >= 4 is 28.9 Å². The highest BCUT2D eigenvalue weighted by Crippen LogP contribution is 2.27. The predicted molar refractivity (Wildman–Crippen MR) is 70.1 cm³/mol. The second-order valence-electron chi connectivity index (χ2n) is 3.93. The molecular formula is C13H8ClF3N2O. The lowest BCUT2D eigenvalue weighted by Gasteiger charge is -2.10. The Morgan fingerprint density at radius 2 is 1.80 bits per heavy atom. The Morgan fingerprint density at radius 3 is 2.45 bits per heavy atom. The quantitative estimate of drug-likeness (QED) is 0.833. The summed E-state index contributed by atoms with van der Waals surface area (Å²) in [4.78, 5) is 11.9. The maximum absolute atomic E-state index is 13.5. The van der Waals surface area contributed by atoms with Gasteiger partial charge in [0.05, 0.1) is 16.3 Å². The molecule has 0 fully saturated rings. The molecule has 0 saturated carbocycles. The number of amides is 1. The van der Waals surface area contributed by atoms with E-state index < -0.39 is 29.0 Å². The smallest absolute Gasteiger partial charge is 0.257 e. The summed E-state index contributed by atoms with van der Waals surface area (Å²) >= 11 is 5.64. The van der Waals surface area contributed by atoms with Gasteiger partial charge in [-0.1, -0.05) is 11.6 Å². The Labute approximate surface area is 117 Å². The van der Waals surface area contributed by atoms with Gasteiger partial charge < -0.3 is 11.1 Å². The normalized spacial score (nSPS) is 10.4. The van der Waals surface area contributed by atoms with Crippen molar-refractivity contribution < 1.29 is 18.0 Å². The van der Waals surface area contributed by atoms with Crippen molar-refractivity contribution in [3.8, 4) is 0 Å². The highest BCUT2D eigenvalue weighted by Gasteiger charge is 2.16. The predicted octanol–water partition coefficient (Wildman–Crippen LogP) is 3.59. The minimum Gasteiger partial charge on any atom is -0.398 e. The van der Waals surface area contributed by atoms with Crippen LogP contribution in [0.5, 0.6) is 0 Å². The van der Waals surface area contributed by atoms with E-state index in [0.717, 1.165) is 18.2 Å². The van der Waals surface area contributed by atoms with E-state index in [9.17, 15) is 18.0 Å². The topological polar surface area (TPSA) is 55.1 Å². The molecule has 0 saturated heterocycles. The van der Waals surface area contributed by atoms with Gasteiger partial charge in [-0.05, 0) is 24.3 Å². The molecule has 0 spiro atoms. The van der Waals surface area contributed by atoms with Gasteiger partial charge in [0.15, 0.2) is 5.82 Å². The molecule has 0 aromatic heterocycles. The van der Waals surface area contributed by atoms with Crippen LogP contribution in [0.1, 0.15) is 10.4 Å². The van der Waals surface area contributed by atoms with Crippen LogP contribution >= 0.6 is 11.6 Å². The molecule has 0 heterocycles. The average molecular weight is 301 g/mol. The summed E-state index contributed by atoms with van der Waals surface area (Å²) in [6.07, 6.45) is 0. The number of halogens is 4. The molecule has 3 nitrogen and oxygen atoms in total. The highest BCUT2D eigenvalue weighted by molar-refractivity contribution is 6.34. The molecule has 0 atom stereocenters. The fourth-order valence-corrected chi connectivity index (χ4v) is 1.81. The average Bonchev–Trinajstić information content (AvgIpc) is 2.36. The Balaban J connectivity index is 2.35. The zero-order chi connectivity index (χ0) is 14.9. The Bertz CT molecular complexity index is 668. The van der Waals surface area contributed by atoms with Gasteiger partial charge in [0.1, 0.15) is 11.6 Å². The van der Waals surface area contributed by atoms with E-state index in [1.54, 1.807) is 0 Å². The number of hydrogen-bond donors (Lipinski definition) is 2. The molecule has 3 N–H and O–H groups in total. The Hall–Kier alpha value is -2.21. The van der Waals surface area contributed by atoms with Crippen molar-refractivity contribution in [1.82, 2.24) is 0 Å². The first kappa shape index (κ1) is 14.2. The van der Waals surface area contributed by atoms with Crippen LogP contribution in [0, 0.1) is 17.5 Å². The Morgan fingerprint density at radius 1 is 1.10 bits per heavy atom. The summed E-state index contributed by atoms with van der Waals surface area (Å²) in [6, 6.07) is 4.59. The van der Waals surface area contributed by atoms with Crippen molar-refractivity contribution in [1.29, 1.82) is 0 Å². The lowest BCUT2D eigenvalue weighted by atomic mass is 10.1. The number of nitrogens with two attached hydrogens (primary N) is 1. The molecule has 2 rings (SSSR count). The summed E-state index contributed by atoms with van der Waals surface area (Å²) in [5, 5.41) is 1.82. The van der Waals surface area contributed by atoms with Gasteiger partial charge in [-0.2, -0.15) is 0 Å². The monoisotopic (exact) mass is 300 g/mol. The molecule has 7 heteroatoms. The van der Waals surface area contributed by atoms with E-state index in [2.05, 4.69) is 5.32 Å². The second kappa shape index (κ2) is 5.42. The number of rotatable bonds is 2. The first-order chi connectivity index (χ1) is 9.38. The lowest BCUT2D eigenvalue weighted by molar-refractivity contribution is 0.102. The van der Waals surface area contributed by atoms with Gasteiger partial charge in [-0.15, -0.1) is 0 Å². The van der Waals surface area contributed by atoms with Crippen LogP contribution in [-0.4, -0.2) is 5.91 Å². The maximum Gasteiger partial charge on any atom is 0.257 e. The third-order valence-corrected chi connectivity index (χ3v) is 2.80. The SMILES string of the molecule is Nc1ccc(F)cc1C(=O)Nc1c(F)cc(F)cc1Cl. The van der Waals surface area contributed by atoms with Gasteiger partial charge >= 0.3 is 0 Å². The number of nitrogen functional groups attached to an aromatic ring is 1. The van der Waals surface area contributed by atoms with Crippen LogP contribution in [0.4, 0.5) is 24.5 Å². The molecular weight excluding hydrogens is 293 g/mol. The number of hydrogen-bond acceptors (Lipinski definition) is 2. The highest BCUT2D eigenvalue weighted by atomic mass is 35.5. The summed E-state index contributed by atoms with van der Waals surface area (Å²) < 4.78 is 39.5. The molecule has 1 amide bonds. The first-order valence-corrected chi connectivity index (χ1v) is 5.77. The number of carbonyl (C=O) groups is 1. The number of benzene rings is 2. The van der Waals surface area contributed by atoms with Crippen molar-refractivity contribution in [3.63, 3.8) is 0 Å². The van der Waals surface area contributed by atoms with Crippen LogP contribution in [0.2, 0.25) is 5.02 Å². The van der Waals surface area contributed by atoms with Gasteiger partial charge in [0.25, 0.3) is 5.91 Å². The molecule has 2 aromatic rings. The summed E-state index contributed by atoms with van der Waals surface area (Å²) in [7, 11) is 0. The van der Waals surface area contributed by atoms with Crippen molar-refractivity contribution in [2.24, 2.45) is 0 Å². The molecule has 2 aromatic carbocycles. The zero-order valence-electron chi connectivity index (χ0n) is 9.88. The largest absolute Gasteiger partial charge is 0.398 e. The molecule has 0 radical (unpaired) electrons. The van der Waals surface area contributed by atoms with Crippen molar-refractivity contribution in [2.45, 2.75) is 0 Å². The Kier molecular flexibility index (Phi) is 3.85. The molecule has 104 valence electrons.